The Balaban J connectivity index is 1.56. The molecular weight excluding hydrogens is 440 g/mol. The number of methoxy groups -OCH3 is 1. The lowest BCUT2D eigenvalue weighted by Gasteiger charge is -2.12. The van der Waals surface area contributed by atoms with Gasteiger partial charge in [0, 0.05) is 29.8 Å². The Morgan fingerprint density at radius 3 is 2.50 bits per heavy atom. The normalized spacial score (nSPS) is 11.2. The van der Waals surface area contributed by atoms with Gasteiger partial charge in [-0.2, -0.15) is 0 Å². The van der Waals surface area contributed by atoms with Gasteiger partial charge in [0.15, 0.2) is 11.6 Å². The third kappa shape index (κ3) is 7.36. The highest BCUT2D eigenvalue weighted by molar-refractivity contribution is 5.99. The van der Waals surface area contributed by atoms with Crippen molar-refractivity contribution < 1.29 is 23.6 Å². The van der Waals surface area contributed by atoms with E-state index in [1.165, 1.54) is 12.4 Å². The number of urea groups is 1. The van der Waals surface area contributed by atoms with Crippen LogP contribution in [0.15, 0.2) is 47.2 Å². The molecule has 3 N–H and O–H groups in total. The summed E-state index contributed by atoms with van der Waals surface area (Å²) in [5.74, 6) is 0.963. The molecule has 180 valence electrons. The Morgan fingerprint density at radius 1 is 1.00 bits per heavy atom. The Labute approximate surface area is 197 Å². The zero-order valence-electron chi connectivity index (χ0n) is 19.5. The van der Waals surface area contributed by atoms with Crippen LogP contribution in [0.25, 0.3) is 11.3 Å². The van der Waals surface area contributed by atoms with Crippen molar-refractivity contribution >= 4 is 29.3 Å². The molecule has 0 atom stereocenters. The van der Waals surface area contributed by atoms with Gasteiger partial charge in [-0.25, -0.2) is 9.78 Å². The van der Waals surface area contributed by atoms with Gasteiger partial charge in [0.25, 0.3) is 5.91 Å². The van der Waals surface area contributed by atoms with Crippen molar-refractivity contribution in [3.8, 4) is 11.3 Å². The number of rotatable bonds is 9. The van der Waals surface area contributed by atoms with Gasteiger partial charge in [-0.3, -0.25) is 15.1 Å². The summed E-state index contributed by atoms with van der Waals surface area (Å²) in [5.41, 5.74) is 1.66. The summed E-state index contributed by atoms with van der Waals surface area (Å²) in [6.07, 6.45) is 2.98. The number of nitrogens with zero attached hydrogens (tertiary/aromatic N) is 3. The highest BCUT2D eigenvalue weighted by Gasteiger charge is 2.20. The molecule has 0 aliphatic rings. The van der Waals surface area contributed by atoms with Crippen molar-refractivity contribution in [1.82, 2.24) is 15.1 Å². The SMILES string of the molecule is COCCOCC(=O)Nc1cnc(-c2cccc(NC(=O)Nc3cc(C(C)(C)C)on3)c2)cn1. The van der Waals surface area contributed by atoms with Gasteiger partial charge in [0.2, 0.25) is 0 Å². The van der Waals surface area contributed by atoms with Gasteiger partial charge in [-0.15, -0.1) is 0 Å². The van der Waals surface area contributed by atoms with Crippen LogP contribution < -0.4 is 16.0 Å². The van der Waals surface area contributed by atoms with Crippen LogP contribution in [0.4, 0.5) is 22.1 Å². The van der Waals surface area contributed by atoms with Crippen molar-refractivity contribution in [2.75, 3.05) is 42.9 Å². The number of aromatic nitrogens is 3. The predicted molar refractivity (Wildman–Crippen MR) is 127 cm³/mol. The monoisotopic (exact) mass is 468 g/mol. The number of benzene rings is 1. The number of hydrogen-bond acceptors (Lipinski definition) is 8. The third-order valence-corrected chi connectivity index (χ3v) is 4.49. The molecule has 0 saturated heterocycles. The van der Waals surface area contributed by atoms with E-state index in [0.29, 0.717) is 42.0 Å². The first-order valence-electron chi connectivity index (χ1n) is 10.6. The molecule has 0 saturated carbocycles. The maximum absolute atomic E-state index is 12.4. The third-order valence-electron chi connectivity index (χ3n) is 4.49. The molecule has 1 aromatic carbocycles. The van der Waals surface area contributed by atoms with E-state index in [2.05, 4.69) is 31.1 Å². The van der Waals surface area contributed by atoms with Gasteiger partial charge >= 0.3 is 6.03 Å². The molecule has 3 aromatic rings. The predicted octanol–water partition coefficient (Wildman–Crippen LogP) is 3.67. The maximum atomic E-state index is 12.4. The highest BCUT2D eigenvalue weighted by atomic mass is 16.5. The average Bonchev–Trinajstić information content (AvgIpc) is 3.26. The lowest BCUT2D eigenvalue weighted by atomic mass is 9.93. The summed E-state index contributed by atoms with van der Waals surface area (Å²) in [4.78, 5) is 32.8. The number of carbonyl (C=O) groups excluding carboxylic acids is 2. The van der Waals surface area contributed by atoms with Crippen molar-refractivity contribution in [2.45, 2.75) is 26.2 Å². The minimum atomic E-state index is -0.456. The fourth-order valence-electron chi connectivity index (χ4n) is 2.75. The van der Waals surface area contributed by atoms with Gasteiger partial charge in [0.05, 0.1) is 31.3 Å². The first-order valence-corrected chi connectivity index (χ1v) is 10.6. The van der Waals surface area contributed by atoms with E-state index in [0.717, 1.165) is 5.56 Å². The zero-order chi connectivity index (χ0) is 24.6. The van der Waals surface area contributed by atoms with E-state index in [1.54, 1.807) is 31.4 Å². The second-order valence-corrected chi connectivity index (χ2v) is 8.37. The molecule has 0 fully saturated rings. The van der Waals surface area contributed by atoms with Crippen LogP contribution in [0.3, 0.4) is 0 Å². The van der Waals surface area contributed by atoms with Crippen molar-refractivity contribution in [2.24, 2.45) is 0 Å². The summed E-state index contributed by atoms with van der Waals surface area (Å²) < 4.78 is 15.3. The fourth-order valence-corrected chi connectivity index (χ4v) is 2.75. The Kier molecular flexibility index (Phi) is 8.28. The molecule has 0 radical (unpaired) electrons. The molecule has 0 aliphatic carbocycles. The Bertz CT molecular complexity index is 1110. The average molecular weight is 469 g/mol. The fraction of sp³-hybridized carbons (Fsp3) is 0.348. The number of hydrogen-bond donors (Lipinski definition) is 3. The summed E-state index contributed by atoms with van der Waals surface area (Å²) in [6.45, 7) is 6.61. The minimum absolute atomic E-state index is 0.103. The molecule has 34 heavy (non-hydrogen) atoms. The van der Waals surface area contributed by atoms with E-state index in [4.69, 9.17) is 14.0 Å². The van der Waals surface area contributed by atoms with Crippen LogP contribution in [-0.4, -0.2) is 54.0 Å². The van der Waals surface area contributed by atoms with E-state index >= 15 is 0 Å². The zero-order valence-corrected chi connectivity index (χ0v) is 19.5. The van der Waals surface area contributed by atoms with Crippen LogP contribution in [0.1, 0.15) is 26.5 Å². The maximum Gasteiger partial charge on any atom is 0.324 e. The van der Waals surface area contributed by atoms with E-state index in [-0.39, 0.29) is 17.9 Å². The number of anilines is 3. The van der Waals surface area contributed by atoms with E-state index < -0.39 is 6.03 Å². The van der Waals surface area contributed by atoms with Gasteiger partial charge in [-0.05, 0) is 12.1 Å². The quantitative estimate of drug-likeness (QED) is 0.404. The molecule has 0 spiro atoms. The lowest BCUT2D eigenvalue weighted by Crippen LogP contribution is -2.20. The molecule has 11 nitrogen and oxygen atoms in total. The molecule has 0 unspecified atom stereocenters. The van der Waals surface area contributed by atoms with Crippen LogP contribution in [0.5, 0.6) is 0 Å². The van der Waals surface area contributed by atoms with E-state index in [9.17, 15) is 9.59 Å². The summed E-state index contributed by atoms with van der Waals surface area (Å²) in [5, 5.41) is 11.9. The smallest absolute Gasteiger partial charge is 0.324 e. The van der Waals surface area contributed by atoms with Crippen molar-refractivity contribution in [3.63, 3.8) is 0 Å². The Morgan fingerprint density at radius 2 is 1.82 bits per heavy atom. The molecule has 0 bridgehead atoms. The van der Waals surface area contributed by atoms with Gasteiger partial charge in [-0.1, -0.05) is 38.1 Å². The number of amides is 3. The first-order chi connectivity index (χ1) is 16.2. The molecule has 2 heterocycles. The first kappa shape index (κ1) is 24.8. The standard InChI is InChI=1S/C23H28N6O5/c1-23(2,3)18-11-19(29-34-18)28-22(31)26-16-7-5-6-15(10-16)17-12-25-20(13-24-17)27-21(30)14-33-9-8-32-4/h5-7,10-13H,8-9,14H2,1-4H3,(H,25,27,30)(H2,26,28,29,31). The topological polar surface area (TPSA) is 140 Å². The number of nitrogens with one attached hydrogen (secondary N) is 3. The van der Waals surface area contributed by atoms with Crippen LogP contribution in [-0.2, 0) is 19.7 Å². The number of carbonyl (C=O) groups is 2. The summed E-state index contributed by atoms with van der Waals surface area (Å²) in [6, 6.07) is 8.36. The molecule has 2 aromatic heterocycles. The van der Waals surface area contributed by atoms with E-state index in [1.807, 2.05) is 26.8 Å². The number of ether oxygens (including phenoxy) is 2. The molecule has 0 aliphatic heterocycles. The van der Waals surface area contributed by atoms with Gasteiger partial charge < -0.3 is 24.6 Å². The second kappa shape index (κ2) is 11.3. The minimum Gasteiger partial charge on any atom is -0.382 e. The molecule has 3 amide bonds. The van der Waals surface area contributed by atoms with Crippen LogP contribution >= 0.6 is 0 Å². The highest BCUT2D eigenvalue weighted by Crippen LogP contribution is 2.25. The van der Waals surface area contributed by atoms with Crippen LogP contribution in [0, 0.1) is 0 Å². The van der Waals surface area contributed by atoms with Crippen LogP contribution in [0.2, 0.25) is 0 Å². The van der Waals surface area contributed by atoms with Crippen molar-refractivity contribution in [3.05, 3.63) is 48.5 Å². The molecule has 11 heteroatoms. The largest absolute Gasteiger partial charge is 0.382 e. The van der Waals surface area contributed by atoms with Crippen molar-refractivity contribution in [1.29, 1.82) is 0 Å². The Hall–Kier alpha value is -3.83. The van der Waals surface area contributed by atoms with Gasteiger partial charge in [0.1, 0.15) is 12.4 Å². The molecule has 3 rings (SSSR count). The second-order valence-electron chi connectivity index (χ2n) is 8.37. The molecular formula is C23H28N6O5. The summed E-state index contributed by atoms with van der Waals surface area (Å²) in [7, 11) is 1.56. The summed E-state index contributed by atoms with van der Waals surface area (Å²) >= 11 is 0. The lowest BCUT2D eigenvalue weighted by molar-refractivity contribution is -0.121.